The standard InChI is InChI=1S/C21H20O7S3/c1-3-28-18-6-4-5-16-13-19(21(22)29-20(16)18)31(25,26)14-30(23,24)12-11-15-7-9-17(27-2)10-8-15/h4-13H,3,14H2,1-2H3/b12-11+. The van der Waals surface area contributed by atoms with Crippen LogP contribution in [-0.4, -0.2) is 35.6 Å². The third-order valence-corrected chi connectivity index (χ3v) is 9.48. The second-order valence-electron chi connectivity index (χ2n) is 6.48. The zero-order valence-electron chi connectivity index (χ0n) is 16.8. The number of rotatable bonds is 8. The summed E-state index contributed by atoms with van der Waals surface area (Å²) in [4.78, 5) is 12.0. The molecule has 31 heavy (non-hydrogen) atoms. The van der Waals surface area contributed by atoms with E-state index in [1.165, 1.54) is 19.3 Å². The summed E-state index contributed by atoms with van der Waals surface area (Å²) in [7, 11) is -7.02. The van der Waals surface area contributed by atoms with Crippen LogP contribution in [0.25, 0.3) is 16.2 Å². The molecular formula is C21H20O7S3. The van der Waals surface area contributed by atoms with Crippen LogP contribution in [0.5, 0.6) is 11.5 Å². The van der Waals surface area contributed by atoms with Crippen LogP contribution >= 0.6 is 11.3 Å². The number of fused-ring (bicyclic) bond motifs is 1. The van der Waals surface area contributed by atoms with Gasteiger partial charge in [0.25, 0.3) is 4.74 Å². The van der Waals surface area contributed by atoms with Crippen LogP contribution in [-0.2, 0) is 19.7 Å². The Hall–Kier alpha value is -2.69. The fourth-order valence-electron chi connectivity index (χ4n) is 2.80. The van der Waals surface area contributed by atoms with Gasteiger partial charge in [-0.2, -0.15) is 0 Å². The lowest BCUT2D eigenvalue weighted by Crippen LogP contribution is -2.20. The van der Waals surface area contributed by atoms with Gasteiger partial charge in [-0.05, 0) is 48.2 Å². The first-order valence-corrected chi connectivity index (χ1v) is 13.3. The molecule has 0 atom stereocenters. The maximum atomic E-state index is 12.8. The van der Waals surface area contributed by atoms with Crippen molar-refractivity contribution < 1.29 is 26.3 Å². The molecule has 1 heterocycles. The van der Waals surface area contributed by atoms with Gasteiger partial charge in [-0.25, -0.2) is 16.8 Å². The lowest BCUT2D eigenvalue weighted by molar-refractivity contribution is 0.345. The van der Waals surface area contributed by atoms with Crippen molar-refractivity contribution in [1.29, 1.82) is 0 Å². The average Bonchev–Trinajstić information content (AvgIpc) is 2.72. The van der Waals surface area contributed by atoms with Gasteiger partial charge in [0.05, 0.1) is 18.4 Å². The summed E-state index contributed by atoms with van der Waals surface area (Å²) >= 11 is 0.717. The number of hydrogen-bond acceptors (Lipinski definition) is 8. The Kier molecular flexibility index (Phi) is 6.83. The summed E-state index contributed by atoms with van der Waals surface area (Å²) in [5.74, 6) is 1.08. The van der Waals surface area contributed by atoms with E-state index in [9.17, 15) is 21.6 Å². The monoisotopic (exact) mass is 480 g/mol. The lowest BCUT2D eigenvalue weighted by Gasteiger charge is -2.08. The van der Waals surface area contributed by atoms with Crippen molar-refractivity contribution in [2.45, 2.75) is 11.8 Å². The molecular weight excluding hydrogens is 460 g/mol. The van der Waals surface area contributed by atoms with Crippen LogP contribution in [0, 0.1) is 0 Å². The number of methoxy groups -OCH3 is 1. The zero-order chi connectivity index (χ0) is 22.6. The molecule has 2 aromatic carbocycles. The van der Waals surface area contributed by atoms with Crippen LogP contribution in [0.15, 0.2) is 63.6 Å². The summed E-state index contributed by atoms with van der Waals surface area (Å²) in [5.41, 5.74) is 0.558. The van der Waals surface area contributed by atoms with Gasteiger partial charge in [0, 0.05) is 5.41 Å². The molecule has 0 saturated heterocycles. The molecule has 0 unspecified atom stereocenters. The van der Waals surface area contributed by atoms with Gasteiger partial charge in [0.1, 0.15) is 16.4 Å². The summed E-state index contributed by atoms with van der Waals surface area (Å²) in [6, 6.07) is 12.8. The summed E-state index contributed by atoms with van der Waals surface area (Å²) < 4.78 is 60.6. The highest BCUT2D eigenvalue weighted by Gasteiger charge is 2.26. The first kappa shape index (κ1) is 23.0. The van der Waals surface area contributed by atoms with Gasteiger partial charge in [0.15, 0.2) is 24.8 Å². The van der Waals surface area contributed by atoms with Crippen molar-refractivity contribution in [1.82, 2.24) is 0 Å². The molecule has 10 heteroatoms. The molecule has 0 bridgehead atoms. The Morgan fingerprint density at radius 1 is 1.03 bits per heavy atom. The fourth-order valence-corrected chi connectivity index (χ4v) is 7.60. The maximum absolute atomic E-state index is 12.8. The Bertz CT molecular complexity index is 1390. The predicted octanol–water partition coefficient (Wildman–Crippen LogP) is 3.49. The van der Waals surface area contributed by atoms with Crippen LogP contribution in [0.4, 0.5) is 0 Å². The van der Waals surface area contributed by atoms with E-state index in [-0.39, 0.29) is 0 Å². The molecule has 3 rings (SSSR count). The lowest BCUT2D eigenvalue weighted by atomic mass is 10.2. The van der Waals surface area contributed by atoms with E-state index in [1.54, 1.807) is 49.4 Å². The zero-order valence-corrected chi connectivity index (χ0v) is 19.2. The third-order valence-electron chi connectivity index (χ3n) is 4.23. The molecule has 1 aromatic heterocycles. The Morgan fingerprint density at radius 2 is 1.74 bits per heavy atom. The van der Waals surface area contributed by atoms with E-state index in [0.717, 1.165) is 16.7 Å². The quantitative estimate of drug-likeness (QED) is 0.486. The molecule has 0 aliphatic heterocycles. The minimum absolute atomic E-state index is 0.388. The molecule has 0 fully saturated rings. The van der Waals surface area contributed by atoms with Crippen molar-refractivity contribution in [2.24, 2.45) is 0 Å². The van der Waals surface area contributed by atoms with E-state index >= 15 is 0 Å². The van der Waals surface area contributed by atoms with Gasteiger partial charge in [-0.15, -0.1) is 0 Å². The molecule has 7 nitrogen and oxygen atoms in total. The minimum atomic E-state index is -4.38. The smallest absolute Gasteiger partial charge is 0.251 e. The van der Waals surface area contributed by atoms with Gasteiger partial charge in [-0.3, -0.25) is 4.79 Å². The van der Waals surface area contributed by atoms with Gasteiger partial charge in [0.2, 0.25) is 0 Å². The molecule has 0 amide bonds. The average molecular weight is 481 g/mol. The van der Waals surface area contributed by atoms with Crippen molar-refractivity contribution in [3.63, 3.8) is 0 Å². The highest BCUT2D eigenvalue weighted by molar-refractivity contribution is 8.09. The van der Waals surface area contributed by atoms with Crippen molar-refractivity contribution in [2.75, 3.05) is 18.8 Å². The Labute approximate surface area is 184 Å². The number of ether oxygens (including phenoxy) is 2. The fraction of sp³-hybridized carbons (Fsp3) is 0.190. The third kappa shape index (κ3) is 5.52. The molecule has 0 spiro atoms. The second kappa shape index (κ2) is 9.21. The summed E-state index contributed by atoms with van der Waals surface area (Å²) in [5, 5.41) is 0.111. The van der Waals surface area contributed by atoms with Crippen LogP contribution in [0.1, 0.15) is 12.5 Å². The highest BCUT2D eigenvalue weighted by Crippen LogP contribution is 2.29. The predicted molar refractivity (Wildman–Crippen MR) is 122 cm³/mol. The number of sulfone groups is 2. The van der Waals surface area contributed by atoms with Crippen molar-refractivity contribution >= 4 is 47.2 Å². The van der Waals surface area contributed by atoms with E-state index in [4.69, 9.17) is 9.47 Å². The second-order valence-corrected chi connectivity index (χ2v) is 11.7. The van der Waals surface area contributed by atoms with Gasteiger partial charge in [-0.1, -0.05) is 35.6 Å². The summed E-state index contributed by atoms with van der Waals surface area (Å²) in [6.45, 7) is 2.18. The van der Waals surface area contributed by atoms with E-state index in [0.29, 0.717) is 33.8 Å². The molecule has 0 saturated carbocycles. The first-order chi connectivity index (χ1) is 14.6. The van der Waals surface area contributed by atoms with Crippen molar-refractivity contribution in [3.8, 4) is 11.5 Å². The van der Waals surface area contributed by atoms with Crippen LogP contribution in [0.3, 0.4) is 0 Å². The summed E-state index contributed by atoms with van der Waals surface area (Å²) in [6.07, 6.45) is 1.29. The van der Waals surface area contributed by atoms with E-state index in [1.807, 2.05) is 0 Å². The van der Waals surface area contributed by atoms with Gasteiger partial charge < -0.3 is 9.47 Å². The molecule has 0 radical (unpaired) electrons. The molecule has 164 valence electrons. The SMILES string of the molecule is CCOc1cccc2cc(S(=O)(=O)CS(=O)(=O)/C=C/c3ccc(OC)cc3)c(=O)sc12. The molecule has 3 aromatic rings. The first-order valence-electron chi connectivity index (χ1n) is 9.12. The molecule has 0 N–H and O–H groups in total. The number of benzene rings is 2. The van der Waals surface area contributed by atoms with Crippen LogP contribution < -0.4 is 14.2 Å². The minimum Gasteiger partial charge on any atom is -0.497 e. The van der Waals surface area contributed by atoms with Crippen LogP contribution in [0.2, 0.25) is 0 Å². The molecule has 0 aliphatic rings. The molecule has 0 aliphatic carbocycles. The maximum Gasteiger partial charge on any atom is 0.251 e. The normalized spacial score (nSPS) is 12.3. The highest BCUT2D eigenvalue weighted by atomic mass is 32.3. The number of hydrogen-bond donors (Lipinski definition) is 0. The Morgan fingerprint density at radius 3 is 2.39 bits per heavy atom. The topological polar surface area (TPSA) is 104 Å². The van der Waals surface area contributed by atoms with E-state index < -0.39 is 34.4 Å². The van der Waals surface area contributed by atoms with Gasteiger partial charge >= 0.3 is 0 Å². The van der Waals surface area contributed by atoms with E-state index in [2.05, 4.69) is 0 Å². The van der Waals surface area contributed by atoms with Crippen molar-refractivity contribution in [3.05, 3.63) is 69.0 Å². The largest absolute Gasteiger partial charge is 0.497 e. The Balaban J connectivity index is 1.91.